The first-order chi connectivity index (χ1) is 7.88. The number of aryl methyl sites for hydroxylation is 1. The number of nitrogens with zero attached hydrogens (tertiary/aromatic N) is 3. The Kier molecular flexibility index (Phi) is 3.71. The third-order valence-electron chi connectivity index (χ3n) is 2.30. The van der Waals surface area contributed by atoms with Gasteiger partial charge in [0.1, 0.15) is 5.76 Å². The van der Waals surface area contributed by atoms with Gasteiger partial charge < -0.3 is 9.73 Å². The van der Waals surface area contributed by atoms with Gasteiger partial charge in [0, 0.05) is 25.4 Å². The zero-order valence-corrected chi connectivity index (χ0v) is 9.39. The molecular weight excluding hydrogens is 204 g/mol. The van der Waals surface area contributed by atoms with Crippen LogP contribution in [0, 0.1) is 0 Å². The Balaban J connectivity index is 1.68. The molecule has 2 heterocycles. The molecule has 0 aliphatic rings. The highest BCUT2D eigenvalue weighted by molar-refractivity contribution is 4.93. The maximum absolute atomic E-state index is 5.47. The third-order valence-corrected chi connectivity index (χ3v) is 2.30. The molecule has 2 aromatic rings. The predicted octanol–water partition coefficient (Wildman–Crippen LogP) is 1.22. The van der Waals surface area contributed by atoms with Crippen LogP contribution in [-0.4, -0.2) is 21.3 Å². The van der Waals surface area contributed by atoms with Crippen molar-refractivity contribution in [3.8, 4) is 0 Å². The van der Waals surface area contributed by atoms with Gasteiger partial charge in [0.25, 0.3) is 0 Å². The minimum Gasteiger partial charge on any atom is -0.444 e. The number of oxazole rings is 1. The molecule has 5 nitrogen and oxygen atoms in total. The highest BCUT2D eigenvalue weighted by Gasteiger charge is 2.00. The summed E-state index contributed by atoms with van der Waals surface area (Å²) in [4.78, 5) is 4.17. The Bertz CT molecular complexity index is 407. The van der Waals surface area contributed by atoms with E-state index in [-0.39, 0.29) is 0 Å². The molecule has 2 aromatic heterocycles. The van der Waals surface area contributed by atoms with Crippen LogP contribution in [0.3, 0.4) is 0 Å². The van der Waals surface area contributed by atoms with E-state index in [9.17, 15) is 0 Å². The fraction of sp³-hybridized carbons (Fsp3) is 0.455. The third kappa shape index (κ3) is 2.93. The number of aromatic nitrogens is 3. The summed E-state index contributed by atoms with van der Waals surface area (Å²) < 4.78 is 7.36. The smallest absolute Gasteiger partial charge is 0.208 e. The van der Waals surface area contributed by atoms with E-state index in [2.05, 4.69) is 22.3 Å². The predicted molar refractivity (Wildman–Crippen MR) is 59.8 cm³/mol. The molecule has 0 fully saturated rings. The average Bonchev–Trinajstić information content (AvgIpc) is 2.95. The Hall–Kier alpha value is -1.62. The van der Waals surface area contributed by atoms with Crippen LogP contribution in [0.5, 0.6) is 0 Å². The SMILES string of the molecule is CCc1cnc(CNCCn2cccn2)o1. The molecule has 2 rings (SSSR count). The quantitative estimate of drug-likeness (QED) is 0.744. The second kappa shape index (κ2) is 5.46. The molecule has 0 unspecified atom stereocenters. The van der Waals surface area contributed by atoms with Crippen molar-refractivity contribution in [1.82, 2.24) is 20.1 Å². The van der Waals surface area contributed by atoms with Crippen molar-refractivity contribution in [3.05, 3.63) is 36.3 Å². The Morgan fingerprint density at radius 1 is 1.50 bits per heavy atom. The summed E-state index contributed by atoms with van der Waals surface area (Å²) in [6.45, 7) is 4.43. The van der Waals surface area contributed by atoms with E-state index in [1.54, 1.807) is 12.4 Å². The zero-order chi connectivity index (χ0) is 11.2. The van der Waals surface area contributed by atoms with Crippen molar-refractivity contribution in [2.75, 3.05) is 6.54 Å². The highest BCUT2D eigenvalue weighted by Crippen LogP contribution is 2.03. The van der Waals surface area contributed by atoms with E-state index in [0.29, 0.717) is 6.54 Å². The summed E-state index contributed by atoms with van der Waals surface area (Å²) in [7, 11) is 0. The van der Waals surface area contributed by atoms with Gasteiger partial charge in [0.15, 0.2) is 0 Å². The topological polar surface area (TPSA) is 55.9 Å². The molecule has 0 aromatic carbocycles. The molecule has 0 aliphatic carbocycles. The van der Waals surface area contributed by atoms with Crippen molar-refractivity contribution in [1.29, 1.82) is 0 Å². The Morgan fingerprint density at radius 3 is 3.12 bits per heavy atom. The lowest BCUT2D eigenvalue weighted by atomic mass is 10.4. The van der Waals surface area contributed by atoms with Crippen LogP contribution >= 0.6 is 0 Å². The van der Waals surface area contributed by atoms with Crippen LogP contribution in [0.15, 0.2) is 29.1 Å². The molecule has 0 spiro atoms. The molecular formula is C11H16N4O. The van der Waals surface area contributed by atoms with Gasteiger partial charge in [0.2, 0.25) is 5.89 Å². The summed E-state index contributed by atoms with van der Waals surface area (Å²) in [6.07, 6.45) is 6.40. The van der Waals surface area contributed by atoms with Crippen LogP contribution in [0.1, 0.15) is 18.6 Å². The molecule has 5 heteroatoms. The van der Waals surface area contributed by atoms with E-state index >= 15 is 0 Å². The first kappa shape index (κ1) is 10.9. The minimum absolute atomic E-state index is 0.668. The maximum Gasteiger partial charge on any atom is 0.208 e. The lowest BCUT2D eigenvalue weighted by Crippen LogP contribution is -2.19. The summed E-state index contributed by atoms with van der Waals surface area (Å²) in [5.41, 5.74) is 0. The molecule has 0 radical (unpaired) electrons. The Labute approximate surface area is 94.5 Å². The second-order valence-electron chi connectivity index (χ2n) is 3.52. The van der Waals surface area contributed by atoms with Gasteiger partial charge in [-0.2, -0.15) is 5.10 Å². The van der Waals surface area contributed by atoms with Crippen LogP contribution in [-0.2, 0) is 19.5 Å². The lowest BCUT2D eigenvalue weighted by molar-refractivity contribution is 0.432. The van der Waals surface area contributed by atoms with Crippen molar-refractivity contribution in [2.24, 2.45) is 0 Å². The second-order valence-corrected chi connectivity index (χ2v) is 3.52. The molecule has 86 valence electrons. The van der Waals surface area contributed by atoms with E-state index in [1.807, 2.05) is 16.9 Å². The first-order valence-corrected chi connectivity index (χ1v) is 5.50. The number of rotatable bonds is 6. The van der Waals surface area contributed by atoms with Crippen molar-refractivity contribution in [2.45, 2.75) is 26.4 Å². The molecule has 0 atom stereocenters. The normalized spacial score (nSPS) is 10.8. The van der Waals surface area contributed by atoms with Gasteiger partial charge in [0.05, 0.1) is 19.3 Å². The largest absolute Gasteiger partial charge is 0.444 e. The summed E-state index contributed by atoms with van der Waals surface area (Å²) in [5.74, 6) is 1.68. The average molecular weight is 220 g/mol. The Morgan fingerprint density at radius 2 is 2.44 bits per heavy atom. The molecule has 16 heavy (non-hydrogen) atoms. The fourth-order valence-electron chi connectivity index (χ4n) is 1.41. The van der Waals surface area contributed by atoms with Crippen LogP contribution < -0.4 is 5.32 Å². The van der Waals surface area contributed by atoms with Gasteiger partial charge in [-0.1, -0.05) is 6.92 Å². The van der Waals surface area contributed by atoms with E-state index in [0.717, 1.165) is 31.2 Å². The summed E-state index contributed by atoms with van der Waals surface area (Å²) in [5, 5.41) is 7.38. The van der Waals surface area contributed by atoms with E-state index < -0.39 is 0 Å². The fourth-order valence-corrected chi connectivity index (χ4v) is 1.41. The van der Waals surface area contributed by atoms with Crippen molar-refractivity contribution < 1.29 is 4.42 Å². The number of hydrogen-bond acceptors (Lipinski definition) is 4. The van der Waals surface area contributed by atoms with Crippen LogP contribution in [0.2, 0.25) is 0 Å². The van der Waals surface area contributed by atoms with Crippen LogP contribution in [0.25, 0.3) is 0 Å². The van der Waals surface area contributed by atoms with E-state index in [1.165, 1.54) is 0 Å². The molecule has 0 saturated carbocycles. The monoisotopic (exact) mass is 220 g/mol. The lowest BCUT2D eigenvalue weighted by Gasteiger charge is -2.02. The van der Waals surface area contributed by atoms with Crippen molar-refractivity contribution in [3.63, 3.8) is 0 Å². The van der Waals surface area contributed by atoms with Crippen LogP contribution in [0.4, 0.5) is 0 Å². The molecule has 0 amide bonds. The number of hydrogen-bond donors (Lipinski definition) is 1. The first-order valence-electron chi connectivity index (χ1n) is 5.50. The highest BCUT2D eigenvalue weighted by atomic mass is 16.4. The molecule has 0 bridgehead atoms. The van der Waals surface area contributed by atoms with Crippen molar-refractivity contribution >= 4 is 0 Å². The summed E-state index contributed by atoms with van der Waals surface area (Å²) in [6, 6.07) is 1.92. The van der Waals surface area contributed by atoms with Gasteiger partial charge in [-0.05, 0) is 6.07 Å². The standard InChI is InChI=1S/C11H16N4O/c1-2-10-8-13-11(16-10)9-12-5-7-15-6-3-4-14-15/h3-4,6,8,12H,2,5,7,9H2,1H3. The zero-order valence-electron chi connectivity index (χ0n) is 9.39. The summed E-state index contributed by atoms with van der Waals surface area (Å²) >= 11 is 0. The molecule has 1 N–H and O–H groups in total. The molecule has 0 aliphatic heterocycles. The molecule has 0 saturated heterocycles. The maximum atomic E-state index is 5.47. The minimum atomic E-state index is 0.668. The van der Waals surface area contributed by atoms with Gasteiger partial charge in [-0.25, -0.2) is 4.98 Å². The number of nitrogens with one attached hydrogen (secondary N) is 1. The van der Waals surface area contributed by atoms with E-state index in [4.69, 9.17) is 4.42 Å². The van der Waals surface area contributed by atoms with Gasteiger partial charge in [-0.3, -0.25) is 4.68 Å². The van der Waals surface area contributed by atoms with Gasteiger partial charge in [-0.15, -0.1) is 0 Å². The van der Waals surface area contributed by atoms with Gasteiger partial charge >= 0.3 is 0 Å².